The van der Waals surface area contributed by atoms with Crippen molar-refractivity contribution in [2.24, 2.45) is 0 Å². The molecular formula is C13H9Cl3N2O. The van der Waals surface area contributed by atoms with Crippen LogP contribution in [-0.4, -0.2) is 10.9 Å². The second-order valence-electron chi connectivity index (χ2n) is 3.84. The fourth-order valence-corrected chi connectivity index (χ4v) is 2.39. The lowest BCUT2D eigenvalue weighted by Gasteiger charge is -2.11. The van der Waals surface area contributed by atoms with Crippen molar-refractivity contribution < 1.29 is 4.79 Å². The highest BCUT2D eigenvalue weighted by Gasteiger charge is 2.16. The molecule has 19 heavy (non-hydrogen) atoms. The van der Waals surface area contributed by atoms with Gasteiger partial charge < -0.3 is 5.32 Å². The molecule has 0 saturated carbocycles. The number of halogens is 3. The van der Waals surface area contributed by atoms with Crippen molar-refractivity contribution in [3.63, 3.8) is 0 Å². The predicted octanol–water partition coefficient (Wildman–Crippen LogP) is 4.60. The summed E-state index contributed by atoms with van der Waals surface area (Å²) in [6, 6.07) is 6.61. The van der Waals surface area contributed by atoms with Crippen molar-refractivity contribution in [2.45, 2.75) is 6.92 Å². The molecule has 1 aromatic carbocycles. The minimum Gasteiger partial charge on any atom is -0.319 e. The molecule has 0 saturated heterocycles. The number of benzene rings is 1. The van der Waals surface area contributed by atoms with E-state index in [1.807, 2.05) is 6.92 Å². The van der Waals surface area contributed by atoms with Crippen LogP contribution in [0.1, 0.15) is 15.9 Å². The Hall–Kier alpha value is -1.29. The van der Waals surface area contributed by atoms with E-state index in [0.29, 0.717) is 5.69 Å². The minimum atomic E-state index is -0.423. The molecule has 0 radical (unpaired) electrons. The molecule has 3 nitrogen and oxygen atoms in total. The fraction of sp³-hybridized carbons (Fsp3) is 0.0769. The highest BCUT2D eigenvalue weighted by atomic mass is 35.5. The van der Waals surface area contributed by atoms with Crippen LogP contribution >= 0.6 is 34.8 Å². The van der Waals surface area contributed by atoms with Gasteiger partial charge in [-0.05, 0) is 30.7 Å². The van der Waals surface area contributed by atoms with Gasteiger partial charge in [0.1, 0.15) is 0 Å². The number of anilines is 1. The maximum Gasteiger partial charge on any atom is 0.258 e. The molecule has 0 unspecified atom stereocenters. The lowest BCUT2D eigenvalue weighted by atomic mass is 10.2. The molecule has 1 amide bonds. The van der Waals surface area contributed by atoms with E-state index in [-0.39, 0.29) is 20.8 Å². The standard InChI is InChI=1S/C13H9Cl3N2O/c1-7-5-6-17-12(16)11(7)18-13(19)10-8(14)3-2-4-9(10)15/h2-6H,1H3,(H,18,19). The molecule has 0 aliphatic heterocycles. The summed E-state index contributed by atoms with van der Waals surface area (Å²) in [6.45, 7) is 1.82. The number of carbonyl (C=O) groups is 1. The van der Waals surface area contributed by atoms with Crippen LogP contribution in [-0.2, 0) is 0 Å². The first-order valence-electron chi connectivity index (χ1n) is 5.37. The van der Waals surface area contributed by atoms with E-state index in [2.05, 4.69) is 10.3 Å². The number of pyridine rings is 1. The molecule has 0 aliphatic rings. The number of hydrogen-bond donors (Lipinski definition) is 1. The van der Waals surface area contributed by atoms with Crippen molar-refractivity contribution in [1.82, 2.24) is 4.98 Å². The van der Waals surface area contributed by atoms with E-state index < -0.39 is 5.91 Å². The van der Waals surface area contributed by atoms with Crippen LogP contribution in [0, 0.1) is 6.92 Å². The molecule has 0 spiro atoms. The van der Waals surface area contributed by atoms with Crippen LogP contribution in [0.4, 0.5) is 5.69 Å². The van der Waals surface area contributed by atoms with Gasteiger partial charge in [-0.2, -0.15) is 0 Å². The maximum atomic E-state index is 12.2. The fourth-order valence-electron chi connectivity index (χ4n) is 1.57. The average molecular weight is 316 g/mol. The van der Waals surface area contributed by atoms with Gasteiger partial charge >= 0.3 is 0 Å². The smallest absolute Gasteiger partial charge is 0.258 e. The van der Waals surface area contributed by atoms with E-state index in [9.17, 15) is 4.79 Å². The van der Waals surface area contributed by atoms with Crippen molar-refractivity contribution in [1.29, 1.82) is 0 Å². The summed E-state index contributed by atoms with van der Waals surface area (Å²) < 4.78 is 0. The van der Waals surface area contributed by atoms with E-state index >= 15 is 0 Å². The number of carbonyl (C=O) groups excluding carboxylic acids is 1. The van der Waals surface area contributed by atoms with E-state index in [1.165, 1.54) is 0 Å². The molecule has 1 aromatic heterocycles. The van der Waals surface area contributed by atoms with Gasteiger partial charge in [-0.3, -0.25) is 4.79 Å². The Kier molecular flexibility index (Phi) is 4.30. The molecule has 0 bridgehead atoms. The first-order chi connectivity index (χ1) is 9.00. The molecule has 2 aromatic rings. The molecule has 0 atom stereocenters. The van der Waals surface area contributed by atoms with Gasteiger partial charge in [0.2, 0.25) is 0 Å². The van der Waals surface area contributed by atoms with Gasteiger partial charge in [-0.1, -0.05) is 40.9 Å². The third kappa shape index (κ3) is 3.00. The van der Waals surface area contributed by atoms with Crippen LogP contribution in [0.2, 0.25) is 15.2 Å². The Bertz CT molecular complexity index is 603. The third-order valence-corrected chi connectivity index (χ3v) is 3.46. The van der Waals surface area contributed by atoms with Crippen LogP contribution in [0.15, 0.2) is 30.5 Å². The molecule has 0 aliphatic carbocycles. The SMILES string of the molecule is Cc1ccnc(Cl)c1NC(=O)c1c(Cl)cccc1Cl. The first-order valence-corrected chi connectivity index (χ1v) is 6.50. The number of aromatic nitrogens is 1. The predicted molar refractivity (Wildman–Crippen MR) is 78.4 cm³/mol. The van der Waals surface area contributed by atoms with Gasteiger partial charge in [0.15, 0.2) is 5.15 Å². The van der Waals surface area contributed by atoms with Crippen molar-refractivity contribution in [3.05, 3.63) is 56.8 Å². The lowest BCUT2D eigenvalue weighted by molar-refractivity contribution is 0.102. The van der Waals surface area contributed by atoms with E-state index in [4.69, 9.17) is 34.8 Å². The van der Waals surface area contributed by atoms with Gasteiger partial charge in [0.25, 0.3) is 5.91 Å². The van der Waals surface area contributed by atoms with Gasteiger partial charge in [-0.25, -0.2) is 4.98 Å². The summed E-state index contributed by atoms with van der Waals surface area (Å²) in [5, 5.41) is 3.45. The topological polar surface area (TPSA) is 42.0 Å². The maximum absolute atomic E-state index is 12.2. The average Bonchev–Trinajstić information content (AvgIpc) is 2.34. The number of aryl methyl sites for hydroxylation is 1. The van der Waals surface area contributed by atoms with Crippen LogP contribution in [0.25, 0.3) is 0 Å². The Morgan fingerprint density at radius 2 is 1.79 bits per heavy atom. The van der Waals surface area contributed by atoms with Crippen molar-refractivity contribution >= 4 is 46.4 Å². The molecule has 2 rings (SSSR count). The number of rotatable bonds is 2. The van der Waals surface area contributed by atoms with Gasteiger partial charge in [0, 0.05) is 6.20 Å². The van der Waals surface area contributed by atoms with Gasteiger partial charge in [-0.15, -0.1) is 0 Å². The van der Waals surface area contributed by atoms with Gasteiger partial charge in [0.05, 0.1) is 21.3 Å². The Balaban J connectivity index is 2.37. The summed E-state index contributed by atoms with van der Waals surface area (Å²) in [5.41, 5.74) is 1.46. The zero-order valence-electron chi connectivity index (χ0n) is 9.88. The highest BCUT2D eigenvalue weighted by molar-refractivity contribution is 6.40. The van der Waals surface area contributed by atoms with Crippen LogP contribution in [0.5, 0.6) is 0 Å². The summed E-state index contributed by atoms with van der Waals surface area (Å²) >= 11 is 17.9. The van der Waals surface area contributed by atoms with Crippen LogP contribution in [0.3, 0.4) is 0 Å². The number of nitrogens with zero attached hydrogens (tertiary/aromatic N) is 1. The second kappa shape index (κ2) is 5.78. The molecular weight excluding hydrogens is 307 g/mol. The normalized spacial score (nSPS) is 10.3. The highest BCUT2D eigenvalue weighted by Crippen LogP contribution is 2.28. The largest absolute Gasteiger partial charge is 0.319 e. The number of hydrogen-bond acceptors (Lipinski definition) is 2. The van der Waals surface area contributed by atoms with E-state index in [1.54, 1.807) is 30.5 Å². The molecule has 1 N–H and O–H groups in total. The zero-order valence-corrected chi connectivity index (χ0v) is 12.1. The quantitative estimate of drug-likeness (QED) is 0.823. The summed E-state index contributed by atoms with van der Waals surface area (Å²) in [6.07, 6.45) is 1.57. The Labute approximate surface area is 125 Å². The molecule has 6 heteroatoms. The zero-order chi connectivity index (χ0) is 14.0. The van der Waals surface area contributed by atoms with E-state index in [0.717, 1.165) is 5.56 Å². The first kappa shape index (κ1) is 14.1. The number of nitrogens with one attached hydrogen (secondary N) is 1. The third-order valence-electron chi connectivity index (χ3n) is 2.54. The summed E-state index contributed by atoms with van der Waals surface area (Å²) in [7, 11) is 0. The molecule has 0 fully saturated rings. The summed E-state index contributed by atoms with van der Waals surface area (Å²) in [4.78, 5) is 16.1. The molecule has 98 valence electrons. The van der Waals surface area contributed by atoms with Crippen LogP contribution < -0.4 is 5.32 Å². The van der Waals surface area contributed by atoms with Crippen molar-refractivity contribution in [3.8, 4) is 0 Å². The number of amides is 1. The monoisotopic (exact) mass is 314 g/mol. The van der Waals surface area contributed by atoms with Crippen molar-refractivity contribution in [2.75, 3.05) is 5.32 Å². The minimum absolute atomic E-state index is 0.213. The Morgan fingerprint density at radius 1 is 1.16 bits per heavy atom. The second-order valence-corrected chi connectivity index (χ2v) is 5.02. The summed E-state index contributed by atoms with van der Waals surface area (Å²) in [5.74, 6) is -0.423. The molecule has 1 heterocycles. The Morgan fingerprint density at radius 3 is 2.37 bits per heavy atom. The lowest BCUT2D eigenvalue weighted by Crippen LogP contribution is -2.14.